The number of phenols is 1. The Balaban J connectivity index is 2.03. The van der Waals surface area contributed by atoms with Gasteiger partial charge in [0, 0.05) is 19.4 Å². The number of ketones is 1. The van der Waals surface area contributed by atoms with Crippen molar-refractivity contribution in [3.63, 3.8) is 0 Å². The van der Waals surface area contributed by atoms with Crippen molar-refractivity contribution >= 4 is 23.8 Å². The lowest BCUT2D eigenvalue weighted by molar-refractivity contribution is -0.144. The number of amides is 2. The lowest BCUT2D eigenvalue weighted by atomic mass is 9.91. The minimum absolute atomic E-state index is 0.0464. The van der Waals surface area contributed by atoms with Crippen molar-refractivity contribution in [2.24, 2.45) is 17.6 Å². The zero-order valence-electron chi connectivity index (χ0n) is 27.1. The van der Waals surface area contributed by atoms with E-state index in [4.69, 9.17) is 15.2 Å². The number of ether oxygens (including phenoxy) is 2. The van der Waals surface area contributed by atoms with Crippen molar-refractivity contribution < 1.29 is 38.9 Å². The molecular formula is C35H49N3O8. The molecule has 0 fully saturated rings. The summed E-state index contributed by atoms with van der Waals surface area (Å²) >= 11 is 0. The van der Waals surface area contributed by atoms with Gasteiger partial charge in [-0.25, -0.2) is 4.79 Å². The van der Waals surface area contributed by atoms with Gasteiger partial charge in [-0.15, -0.1) is 0 Å². The monoisotopic (exact) mass is 639 g/mol. The Morgan fingerprint density at radius 3 is 2.33 bits per heavy atom. The first kappa shape index (κ1) is 37.8. The Morgan fingerprint density at radius 2 is 1.67 bits per heavy atom. The molecule has 2 amide bonds. The first-order valence-electron chi connectivity index (χ1n) is 15.8. The molecule has 0 bridgehead atoms. The predicted molar refractivity (Wildman–Crippen MR) is 176 cm³/mol. The molecule has 0 spiro atoms. The third-order valence-electron chi connectivity index (χ3n) is 7.33. The summed E-state index contributed by atoms with van der Waals surface area (Å²) in [4.78, 5) is 50.4. The number of rotatable bonds is 21. The lowest BCUT2D eigenvalue weighted by Crippen LogP contribution is -2.44. The van der Waals surface area contributed by atoms with Gasteiger partial charge in [-0.3, -0.25) is 14.4 Å². The molecule has 0 aliphatic carbocycles. The van der Waals surface area contributed by atoms with Gasteiger partial charge in [-0.1, -0.05) is 50.6 Å². The summed E-state index contributed by atoms with van der Waals surface area (Å²) in [5.41, 5.74) is 6.92. The van der Waals surface area contributed by atoms with Crippen LogP contribution in [0.25, 0.3) is 0 Å². The standard InChI is InChI=1S/C35H49N3O8/c1-24(2)10-6-4-5-7-12-33(41)37-23-26-15-18-31(32(21-26)45-3)46-35(44)38-29(20-25-13-16-28(39)17-14-25)30(40)22-27(34(42)43)11-8-9-19-36/h6,10,13-18,21,24,27,29,39H,4-5,7-9,11-12,19-20,22-23,36H2,1-3H3,(H,37,41)(H,38,44)(H,42,43)/b10-6+/t27-,29+/m1/s1. The molecule has 46 heavy (non-hydrogen) atoms. The summed E-state index contributed by atoms with van der Waals surface area (Å²) in [6, 6.07) is 9.95. The van der Waals surface area contributed by atoms with Crippen LogP contribution in [0, 0.1) is 11.8 Å². The van der Waals surface area contributed by atoms with Crippen LogP contribution in [0.4, 0.5) is 4.79 Å². The quantitative estimate of drug-likeness (QED) is 0.0898. The van der Waals surface area contributed by atoms with E-state index in [1.807, 2.05) is 0 Å². The average Bonchev–Trinajstić information content (AvgIpc) is 3.02. The number of carboxylic acid groups (broad SMARTS) is 1. The maximum atomic E-state index is 13.3. The Hall–Kier alpha value is -4.38. The highest BCUT2D eigenvalue weighted by molar-refractivity contribution is 5.90. The van der Waals surface area contributed by atoms with Crippen LogP contribution >= 0.6 is 0 Å². The van der Waals surface area contributed by atoms with Crippen LogP contribution in [-0.4, -0.2) is 53.7 Å². The fraction of sp³-hybridized carbons (Fsp3) is 0.486. The number of benzene rings is 2. The molecule has 0 saturated carbocycles. The Morgan fingerprint density at radius 1 is 0.957 bits per heavy atom. The number of phenolic OH excluding ortho intramolecular Hbond substituents is 1. The van der Waals surface area contributed by atoms with E-state index in [1.54, 1.807) is 24.3 Å². The summed E-state index contributed by atoms with van der Waals surface area (Å²) in [7, 11) is 1.42. The molecule has 2 rings (SSSR count). The molecule has 0 saturated heterocycles. The molecule has 0 heterocycles. The number of hydrogen-bond donors (Lipinski definition) is 5. The molecule has 11 nitrogen and oxygen atoms in total. The number of unbranched alkanes of at least 4 members (excludes halogenated alkanes) is 3. The second-order valence-corrected chi connectivity index (χ2v) is 11.6. The number of aliphatic carboxylic acids is 1. The van der Waals surface area contributed by atoms with Crippen LogP contribution < -0.4 is 25.8 Å². The van der Waals surface area contributed by atoms with Gasteiger partial charge in [0.25, 0.3) is 0 Å². The third kappa shape index (κ3) is 14.6. The molecule has 2 atom stereocenters. The van der Waals surface area contributed by atoms with Crippen molar-refractivity contribution in [2.75, 3.05) is 13.7 Å². The number of allylic oxidation sites excluding steroid dienone is 2. The van der Waals surface area contributed by atoms with Gasteiger partial charge in [-0.05, 0) is 86.4 Å². The molecule has 0 aromatic heterocycles. The number of carbonyl (C=O) groups excluding carboxylic acids is 3. The summed E-state index contributed by atoms with van der Waals surface area (Å²) in [5, 5.41) is 24.8. The molecule has 2 aromatic carbocycles. The minimum atomic E-state index is -1.09. The van der Waals surface area contributed by atoms with Crippen LogP contribution in [0.2, 0.25) is 0 Å². The van der Waals surface area contributed by atoms with Crippen LogP contribution in [-0.2, 0) is 27.3 Å². The fourth-order valence-corrected chi connectivity index (χ4v) is 4.73. The van der Waals surface area contributed by atoms with Gasteiger partial charge < -0.3 is 36.1 Å². The van der Waals surface area contributed by atoms with Gasteiger partial charge in [0.15, 0.2) is 17.3 Å². The van der Waals surface area contributed by atoms with Crippen LogP contribution in [0.1, 0.15) is 76.3 Å². The number of nitrogens with one attached hydrogen (secondary N) is 2. The zero-order chi connectivity index (χ0) is 33.9. The molecular weight excluding hydrogens is 590 g/mol. The van der Waals surface area contributed by atoms with E-state index in [9.17, 15) is 29.4 Å². The molecule has 0 aliphatic heterocycles. The fourth-order valence-electron chi connectivity index (χ4n) is 4.73. The molecule has 0 radical (unpaired) electrons. The number of Topliss-reactive ketones (excluding diaryl/α,β-unsaturated/α-hetero) is 1. The van der Waals surface area contributed by atoms with Crippen LogP contribution in [0.3, 0.4) is 0 Å². The second kappa shape index (κ2) is 20.6. The Bertz CT molecular complexity index is 1290. The van der Waals surface area contributed by atoms with Crippen molar-refractivity contribution in [3.05, 3.63) is 65.7 Å². The number of methoxy groups -OCH3 is 1. The van der Waals surface area contributed by atoms with Gasteiger partial charge in [-0.2, -0.15) is 0 Å². The Labute approximate surface area is 271 Å². The van der Waals surface area contributed by atoms with E-state index < -0.39 is 29.8 Å². The number of carboxylic acids is 1. The minimum Gasteiger partial charge on any atom is -0.508 e. The highest BCUT2D eigenvalue weighted by Crippen LogP contribution is 2.28. The molecule has 2 aromatic rings. The SMILES string of the molecule is COc1cc(CNC(=O)CCCC/C=C/C(C)C)ccc1OC(=O)N[C@@H](Cc1ccc(O)cc1)C(=O)C[C@@H](CCCCN)C(=O)O. The van der Waals surface area contributed by atoms with Crippen molar-refractivity contribution in [1.29, 1.82) is 0 Å². The van der Waals surface area contributed by atoms with Gasteiger partial charge in [0.2, 0.25) is 5.91 Å². The third-order valence-corrected chi connectivity index (χ3v) is 7.33. The number of aromatic hydroxyl groups is 1. The summed E-state index contributed by atoms with van der Waals surface area (Å²) < 4.78 is 10.9. The predicted octanol–water partition coefficient (Wildman–Crippen LogP) is 5.28. The van der Waals surface area contributed by atoms with Crippen molar-refractivity contribution in [1.82, 2.24) is 10.6 Å². The van der Waals surface area contributed by atoms with Gasteiger partial charge >= 0.3 is 12.1 Å². The van der Waals surface area contributed by atoms with E-state index in [2.05, 4.69) is 36.6 Å². The maximum Gasteiger partial charge on any atom is 0.413 e. The molecule has 252 valence electrons. The van der Waals surface area contributed by atoms with Crippen molar-refractivity contribution in [2.45, 2.75) is 84.2 Å². The normalized spacial score (nSPS) is 12.5. The highest BCUT2D eigenvalue weighted by atomic mass is 16.6. The Kier molecular flexibility index (Phi) is 16.9. The smallest absolute Gasteiger partial charge is 0.413 e. The average molecular weight is 640 g/mol. The number of hydrogen-bond acceptors (Lipinski definition) is 8. The second-order valence-electron chi connectivity index (χ2n) is 11.6. The number of nitrogens with two attached hydrogens (primary N) is 1. The van der Waals surface area contributed by atoms with Gasteiger partial charge in [0.1, 0.15) is 5.75 Å². The summed E-state index contributed by atoms with van der Waals surface area (Å²) in [6.07, 6.45) is 7.77. The maximum absolute atomic E-state index is 13.3. The summed E-state index contributed by atoms with van der Waals surface area (Å²) in [6.45, 7) is 4.95. The molecule has 0 aliphatic rings. The lowest BCUT2D eigenvalue weighted by Gasteiger charge is -2.20. The number of carbonyl (C=O) groups is 4. The van der Waals surface area contributed by atoms with E-state index in [1.165, 1.54) is 25.3 Å². The molecule has 11 heteroatoms. The van der Waals surface area contributed by atoms with Crippen molar-refractivity contribution in [3.8, 4) is 17.2 Å². The zero-order valence-corrected chi connectivity index (χ0v) is 27.1. The first-order chi connectivity index (χ1) is 22.0. The van der Waals surface area contributed by atoms with E-state index in [0.717, 1.165) is 24.8 Å². The first-order valence-corrected chi connectivity index (χ1v) is 15.8. The van der Waals surface area contributed by atoms with E-state index in [0.29, 0.717) is 37.3 Å². The van der Waals surface area contributed by atoms with E-state index >= 15 is 0 Å². The van der Waals surface area contributed by atoms with Gasteiger partial charge in [0.05, 0.1) is 19.1 Å². The van der Waals surface area contributed by atoms with E-state index in [-0.39, 0.29) is 49.0 Å². The molecule has 0 unspecified atom stereocenters. The largest absolute Gasteiger partial charge is 0.508 e. The topological polar surface area (TPSA) is 177 Å². The molecule has 6 N–H and O–H groups in total. The van der Waals surface area contributed by atoms with Crippen LogP contribution in [0.15, 0.2) is 54.6 Å². The summed E-state index contributed by atoms with van der Waals surface area (Å²) in [5.74, 6) is -1.60. The van der Waals surface area contributed by atoms with Crippen LogP contribution in [0.5, 0.6) is 17.2 Å². The highest BCUT2D eigenvalue weighted by Gasteiger charge is 2.28.